The van der Waals surface area contributed by atoms with Crippen LogP contribution in [0.2, 0.25) is 0 Å². The minimum absolute atomic E-state index is 0.282. The van der Waals surface area contributed by atoms with Gasteiger partial charge in [-0.25, -0.2) is 4.79 Å². The van der Waals surface area contributed by atoms with Crippen molar-refractivity contribution in [2.75, 3.05) is 18.1 Å². The van der Waals surface area contributed by atoms with Crippen LogP contribution < -0.4 is 15.8 Å². The molecule has 0 radical (unpaired) electrons. The third kappa shape index (κ3) is 2.53. The summed E-state index contributed by atoms with van der Waals surface area (Å²) in [6, 6.07) is 5.55. The smallest absolute Gasteiger partial charge is 0.410 e. The van der Waals surface area contributed by atoms with E-state index in [0.29, 0.717) is 17.5 Å². The highest BCUT2D eigenvalue weighted by atomic mass is 32.2. The predicted molar refractivity (Wildman–Crippen MR) is 82.9 cm³/mol. The van der Waals surface area contributed by atoms with Crippen LogP contribution in [0.3, 0.4) is 0 Å². The molecule has 7 heteroatoms. The number of carboxylic acid groups (broad SMARTS) is 1. The number of ether oxygens (including phenoxy) is 1. The van der Waals surface area contributed by atoms with Crippen molar-refractivity contribution >= 4 is 28.7 Å². The van der Waals surface area contributed by atoms with Gasteiger partial charge < -0.3 is 15.6 Å². The van der Waals surface area contributed by atoms with Crippen LogP contribution in [0.1, 0.15) is 18.9 Å². The fourth-order valence-corrected chi connectivity index (χ4v) is 4.12. The molecule has 4 N–H and O–H groups in total. The van der Waals surface area contributed by atoms with Crippen molar-refractivity contribution in [2.24, 2.45) is 10.9 Å². The van der Waals surface area contributed by atoms with Crippen LogP contribution >= 0.6 is 11.8 Å². The summed E-state index contributed by atoms with van der Waals surface area (Å²) in [6.07, 6.45) is -0.219. The minimum atomic E-state index is -1.10. The molecular formula is C14H17N3O3S. The molecule has 2 atom stereocenters. The van der Waals surface area contributed by atoms with Crippen molar-refractivity contribution in [1.29, 1.82) is 0 Å². The van der Waals surface area contributed by atoms with E-state index in [-0.39, 0.29) is 5.92 Å². The van der Waals surface area contributed by atoms with Gasteiger partial charge in [-0.1, -0.05) is 11.8 Å². The number of carbonyl (C=O) groups is 1. The SMILES string of the molecule is C[C@]12N=C(NC(=O)O)SC[C@H]1CCOc1ccc(N)cc12. The Morgan fingerprint density at radius 1 is 1.62 bits per heavy atom. The number of benzene rings is 1. The van der Waals surface area contributed by atoms with Gasteiger partial charge >= 0.3 is 6.09 Å². The standard InChI is InChI=1S/C14H17N3O3S/c1-14-8(7-21-12(17-14)16-13(18)19)4-5-20-11-3-2-9(15)6-10(11)14/h2-3,6,8H,4-5,7,15H2,1H3,(H,16,17)(H,18,19)/t8-,14+/m1/s1. The first kappa shape index (κ1) is 14.1. The number of anilines is 1. The van der Waals surface area contributed by atoms with Gasteiger partial charge in [-0.15, -0.1) is 0 Å². The quantitative estimate of drug-likeness (QED) is 0.639. The van der Waals surface area contributed by atoms with Gasteiger partial charge in [0.25, 0.3) is 0 Å². The summed E-state index contributed by atoms with van der Waals surface area (Å²) >= 11 is 1.44. The lowest BCUT2D eigenvalue weighted by molar-refractivity contribution is 0.200. The average Bonchev–Trinajstić information content (AvgIpc) is 2.55. The number of fused-ring (bicyclic) bond motifs is 3. The van der Waals surface area contributed by atoms with Crippen molar-refractivity contribution in [3.05, 3.63) is 23.8 Å². The summed E-state index contributed by atoms with van der Waals surface area (Å²) in [5.74, 6) is 1.86. The van der Waals surface area contributed by atoms with Crippen LogP contribution in [0, 0.1) is 5.92 Å². The molecule has 2 aliphatic heterocycles. The van der Waals surface area contributed by atoms with E-state index in [9.17, 15) is 4.79 Å². The third-order valence-electron chi connectivity index (χ3n) is 4.04. The molecule has 0 unspecified atom stereocenters. The molecule has 0 bridgehead atoms. The van der Waals surface area contributed by atoms with Crippen molar-refractivity contribution in [2.45, 2.75) is 18.9 Å². The number of aliphatic imine (C=N–C) groups is 1. The Bertz CT molecular complexity index is 619. The van der Waals surface area contributed by atoms with E-state index in [1.165, 1.54) is 11.8 Å². The number of nitrogens with one attached hydrogen (secondary N) is 1. The second-order valence-electron chi connectivity index (χ2n) is 5.40. The van der Waals surface area contributed by atoms with E-state index in [1.807, 2.05) is 19.1 Å². The second kappa shape index (κ2) is 5.14. The lowest BCUT2D eigenvalue weighted by Crippen LogP contribution is -2.40. The normalized spacial score (nSPS) is 27.5. The molecule has 0 saturated heterocycles. The maximum Gasteiger partial charge on any atom is 0.410 e. The zero-order valence-electron chi connectivity index (χ0n) is 11.6. The van der Waals surface area contributed by atoms with Gasteiger partial charge in [0, 0.05) is 22.9 Å². The van der Waals surface area contributed by atoms with Crippen molar-refractivity contribution < 1.29 is 14.6 Å². The molecule has 0 fully saturated rings. The molecule has 3 rings (SSSR count). The zero-order chi connectivity index (χ0) is 15.0. The monoisotopic (exact) mass is 307 g/mol. The van der Waals surface area contributed by atoms with Gasteiger partial charge in [0.2, 0.25) is 0 Å². The van der Waals surface area contributed by atoms with Gasteiger partial charge in [-0.05, 0) is 31.5 Å². The van der Waals surface area contributed by atoms with Gasteiger partial charge in [-0.3, -0.25) is 10.3 Å². The number of rotatable bonds is 0. The molecule has 1 aromatic carbocycles. The number of nitrogen functional groups attached to an aromatic ring is 1. The highest BCUT2D eigenvalue weighted by Crippen LogP contribution is 2.47. The largest absolute Gasteiger partial charge is 0.493 e. The topological polar surface area (TPSA) is 96.9 Å². The summed E-state index contributed by atoms with van der Waals surface area (Å²) in [4.78, 5) is 15.5. The van der Waals surface area contributed by atoms with Gasteiger partial charge in [-0.2, -0.15) is 0 Å². The lowest BCUT2D eigenvalue weighted by atomic mass is 9.79. The molecule has 0 saturated carbocycles. The maximum atomic E-state index is 10.8. The highest BCUT2D eigenvalue weighted by molar-refractivity contribution is 8.13. The van der Waals surface area contributed by atoms with Crippen molar-refractivity contribution in [3.8, 4) is 5.75 Å². The number of nitrogens with zero attached hydrogens (tertiary/aromatic N) is 1. The van der Waals surface area contributed by atoms with E-state index in [2.05, 4.69) is 10.3 Å². The molecule has 21 heavy (non-hydrogen) atoms. The predicted octanol–water partition coefficient (Wildman–Crippen LogP) is 2.25. The highest BCUT2D eigenvalue weighted by Gasteiger charge is 2.43. The van der Waals surface area contributed by atoms with Crippen LogP contribution in [0.25, 0.3) is 0 Å². The molecular weight excluding hydrogens is 290 g/mol. The maximum absolute atomic E-state index is 10.8. The Hall–Kier alpha value is -1.89. The fourth-order valence-electron chi connectivity index (χ4n) is 2.86. The summed E-state index contributed by atoms with van der Waals surface area (Å²) < 4.78 is 5.81. The molecule has 0 spiro atoms. The number of hydrogen-bond donors (Lipinski definition) is 3. The van der Waals surface area contributed by atoms with Gasteiger partial charge in [0.1, 0.15) is 5.75 Å². The number of hydrogen-bond acceptors (Lipinski definition) is 5. The second-order valence-corrected chi connectivity index (χ2v) is 6.40. The Morgan fingerprint density at radius 3 is 3.19 bits per heavy atom. The summed E-state index contributed by atoms with van der Waals surface area (Å²) in [6.45, 7) is 2.66. The first-order valence-corrected chi connectivity index (χ1v) is 7.73. The zero-order valence-corrected chi connectivity index (χ0v) is 12.4. The molecule has 0 aliphatic carbocycles. The summed E-state index contributed by atoms with van der Waals surface area (Å²) in [5, 5.41) is 11.7. The van der Waals surface area contributed by atoms with E-state index >= 15 is 0 Å². The lowest BCUT2D eigenvalue weighted by Gasteiger charge is -2.37. The number of nitrogens with two attached hydrogens (primary N) is 1. The van der Waals surface area contributed by atoms with E-state index in [0.717, 1.165) is 23.5 Å². The molecule has 6 nitrogen and oxygen atoms in total. The third-order valence-corrected chi connectivity index (χ3v) is 5.07. The van der Waals surface area contributed by atoms with Crippen LogP contribution in [-0.2, 0) is 5.54 Å². The average molecular weight is 307 g/mol. The Kier molecular flexibility index (Phi) is 3.44. The van der Waals surface area contributed by atoms with Crippen LogP contribution in [0.5, 0.6) is 5.75 Å². The number of amides is 1. The first-order valence-electron chi connectivity index (χ1n) is 6.74. The first-order chi connectivity index (χ1) is 9.99. The fraction of sp³-hybridized carbons (Fsp3) is 0.429. The molecule has 112 valence electrons. The number of amidine groups is 1. The van der Waals surface area contributed by atoms with E-state index in [1.54, 1.807) is 6.07 Å². The van der Waals surface area contributed by atoms with Gasteiger partial charge in [0.05, 0.1) is 12.1 Å². The molecule has 1 aromatic rings. The van der Waals surface area contributed by atoms with Crippen LogP contribution in [-0.4, -0.2) is 28.7 Å². The van der Waals surface area contributed by atoms with Gasteiger partial charge in [0.15, 0.2) is 5.17 Å². The Labute approximate surface area is 126 Å². The minimum Gasteiger partial charge on any atom is -0.493 e. The van der Waals surface area contributed by atoms with E-state index < -0.39 is 11.6 Å². The summed E-state index contributed by atoms with van der Waals surface area (Å²) in [5.41, 5.74) is 6.97. The van der Waals surface area contributed by atoms with Crippen molar-refractivity contribution in [1.82, 2.24) is 5.32 Å². The molecule has 0 aromatic heterocycles. The van der Waals surface area contributed by atoms with Crippen LogP contribution in [0.15, 0.2) is 23.2 Å². The van der Waals surface area contributed by atoms with E-state index in [4.69, 9.17) is 15.6 Å². The summed E-state index contributed by atoms with van der Waals surface area (Å²) in [7, 11) is 0. The molecule has 1 amide bonds. The van der Waals surface area contributed by atoms with Crippen molar-refractivity contribution in [3.63, 3.8) is 0 Å². The Balaban J connectivity index is 2.10. The van der Waals surface area contributed by atoms with Crippen LogP contribution in [0.4, 0.5) is 10.5 Å². The molecule has 2 aliphatic rings. The number of thioether (sulfide) groups is 1. The Morgan fingerprint density at radius 2 is 2.43 bits per heavy atom. The molecule has 2 heterocycles.